The van der Waals surface area contributed by atoms with Gasteiger partial charge in [-0.1, -0.05) is 30.3 Å². The zero-order valence-electron chi connectivity index (χ0n) is 23.2. The molecule has 2 heterocycles. The zero-order valence-corrected chi connectivity index (χ0v) is 23.2. The highest BCUT2D eigenvalue weighted by atomic mass is 16.5. The van der Waals surface area contributed by atoms with Crippen LogP contribution in [0.3, 0.4) is 0 Å². The van der Waals surface area contributed by atoms with Crippen LogP contribution in [-0.4, -0.2) is 65.9 Å². The Labute approximate surface area is 230 Å². The second-order valence-electron chi connectivity index (χ2n) is 10.2. The Balaban J connectivity index is 1.48. The fourth-order valence-electron chi connectivity index (χ4n) is 5.53. The molecule has 7 heteroatoms. The second kappa shape index (κ2) is 11.8. The number of hydrogen-bond donors (Lipinski definition) is 0. The van der Waals surface area contributed by atoms with Gasteiger partial charge in [0.15, 0.2) is 0 Å². The van der Waals surface area contributed by atoms with Crippen molar-refractivity contribution in [2.45, 2.75) is 12.3 Å². The number of fused-ring (bicyclic) bond motifs is 1. The Morgan fingerprint density at radius 2 is 1.56 bits per heavy atom. The molecule has 0 N–H and O–H groups in total. The highest BCUT2D eigenvalue weighted by molar-refractivity contribution is 5.89. The molecular formula is C32H37N3O4. The van der Waals surface area contributed by atoms with E-state index in [4.69, 9.17) is 13.9 Å². The zero-order chi connectivity index (χ0) is 27.4. The van der Waals surface area contributed by atoms with Crippen LogP contribution in [0.1, 0.15) is 23.5 Å². The van der Waals surface area contributed by atoms with Gasteiger partial charge in [0, 0.05) is 75.3 Å². The van der Waals surface area contributed by atoms with E-state index in [0.717, 1.165) is 61.3 Å². The summed E-state index contributed by atoms with van der Waals surface area (Å²) in [5.41, 5.74) is 4.58. The molecule has 0 spiro atoms. The molecule has 1 atom stereocenters. The van der Waals surface area contributed by atoms with Crippen LogP contribution >= 0.6 is 0 Å². The average Bonchev–Trinajstić information content (AvgIpc) is 2.98. The molecule has 1 aromatic heterocycles. The number of nitrogens with zero attached hydrogens (tertiary/aromatic N) is 3. The summed E-state index contributed by atoms with van der Waals surface area (Å²) in [6.45, 7) is 4.90. The van der Waals surface area contributed by atoms with Crippen molar-refractivity contribution in [2.75, 3.05) is 70.8 Å². The van der Waals surface area contributed by atoms with Gasteiger partial charge >= 0.3 is 5.63 Å². The van der Waals surface area contributed by atoms with E-state index in [1.165, 1.54) is 11.8 Å². The Kier molecular flexibility index (Phi) is 8.07. The summed E-state index contributed by atoms with van der Waals surface area (Å²) in [6.07, 6.45) is 0.850. The lowest BCUT2D eigenvalue weighted by atomic mass is 9.86. The Bertz CT molecular complexity index is 1440. The van der Waals surface area contributed by atoms with Crippen molar-refractivity contribution in [1.82, 2.24) is 4.90 Å². The maximum Gasteiger partial charge on any atom is 0.336 e. The number of hydrogen-bond acceptors (Lipinski definition) is 7. The molecule has 3 aromatic carbocycles. The lowest BCUT2D eigenvalue weighted by molar-refractivity contribution is 0.251. The lowest BCUT2D eigenvalue weighted by Gasteiger charge is -2.36. The van der Waals surface area contributed by atoms with E-state index in [1.54, 1.807) is 20.3 Å². The van der Waals surface area contributed by atoms with Gasteiger partial charge in [-0.2, -0.15) is 0 Å². The molecule has 39 heavy (non-hydrogen) atoms. The number of anilines is 2. The molecule has 0 bridgehead atoms. The summed E-state index contributed by atoms with van der Waals surface area (Å²) < 4.78 is 17.4. The Hall–Kier alpha value is -3.97. The summed E-state index contributed by atoms with van der Waals surface area (Å²) in [5.74, 6) is 1.24. The summed E-state index contributed by atoms with van der Waals surface area (Å²) >= 11 is 0. The summed E-state index contributed by atoms with van der Waals surface area (Å²) in [7, 11) is 7.35. The molecular weight excluding hydrogens is 490 g/mol. The number of ether oxygens (including phenoxy) is 2. The number of rotatable bonds is 9. The van der Waals surface area contributed by atoms with Crippen molar-refractivity contribution < 1.29 is 13.9 Å². The predicted octanol–water partition coefficient (Wildman–Crippen LogP) is 5.22. The van der Waals surface area contributed by atoms with Crippen LogP contribution in [0.15, 0.2) is 82.0 Å². The first-order valence-electron chi connectivity index (χ1n) is 13.5. The van der Waals surface area contributed by atoms with E-state index >= 15 is 0 Å². The summed E-state index contributed by atoms with van der Waals surface area (Å²) in [4.78, 5) is 19.5. The molecule has 4 aromatic rings. The van der Waals surface area contributed by atoms with Crippen LogP contribution < -0.4 is 24.9 Å². The van der Waals surface area contributed by atoms with Gasteiger partial charge in [0.2, 0.25) is 0 Å². The molecule has 1 aliphatic heterocycles. The van der Waals surface area contributed by atoms with E-state index in [9.17, 15) is 4.79 Å². The number of benzene rings is 3. The van der Waals surface area contributed by atoms with Crippen LogP contribution in [-0.2, 0) is 0 Å². The van der Waals surface area contributed by atoms with Gasteiger partial charge in [-0.25, -0.2) is 4.79 Å². The Morgan fingerprint density at radius 1 is 0.872 bits per heavy atom. The molecule has 0 radical (unpaired) electrons. The lowest BCUT2D eigenvalue weighted by Crippen LogP contribution is -2.46. The number of para-hydroxylation sites is 1. The molecule has 0 aliphatic carbocycles. The fourth-order valence-corrected chi connectivity index (χ4v) is 5.53. The molecule has 1 aliphatic rings. The second-order valence-corrected chi connectivity index (χ2v) is 10.2. The van der Waals surface area contributed by atoms with Crippen LogP contribution in [0, 0.1) is 0 Å². The van der Waals surface area contributed by atoms with Crippen molar-refractivity contribution in [3.63, 3.8) is 0 Å². The molecule has 0 unspecified atom stereocenters. The van der Waals surface area contributed by atoms with Crippen molar-refractivity contribution in [3.8, 4) is 11.5 Å². The van der Waals surface area contributed by atoms with Gasteiger partial charge < -0.3 is 23.7 Å². The van der Waals surface area contributed by atoms with Crippen molar-refractivity contribution in [2.24, 2.45) is 0 Å². The minimum absolute atomic E-state index is 0.0396. The Morgan fingerprint density at radius 3 is 2.21 bits per heavy atom. The van der Waals surface area contributed by atoms with Gasteiger partial charge in [0.05, 0.1) is 19.6 Å². The maximum atomic E-state index is 12.4. The van der Waals surface area contributed by atoms with E-state index < -0.39 is 5.63 Å². The fraction of sp³-hybridized carbons (Fsp3) is 0.344. The maximum absolute atomic E-state index is 12.4. The first kappa shape index (κ1) is 26.6. The quantitative estimate of drug-likeness (QED) is 0.277. The normalized spacial score (nSPS) is 14.8. The van der Waals surface area contributed by atoms with Gasteiger partial charge in [-0.15, -0.1) is 0 Å². The van der Waals surface area contributed by atoms with Crippen molar-refractivity contribution in [1.29, 1.82) is 0 Å². The first-order chi connectivity index (χ1) is 19.0. The van der Waals surface area contributed by atoms with E-state index in [1.807, 2.05) is 20.2 Å². The molecule has 0 amide bonds. The standard InChI is InChI=1S/C32H37N3O4/c1-33(2)24-12-10-23(11-13-24)26(16-17-34-18-20-35(21-19-34)25-8-6-5-7-9-25)31-29(38-4)22-28(37-3)27-14-15-30(36)39-32(27)31/h5-15,22,26H,16-21H2,1-4H3/t26-/m1/s1. The molecule has 1 saturated heterocycles. The minimum Gasteiger partial charge on any atom is -0.496 e. The van der Waals surface area contributed by atoms with Gasteiger partial charge in [-0.05, 0) is 48.9 Å². The van der Waals surface area contributed by atoms with Crippen LogP contribution in [0.5, 0.6) is 11.5 Å². The van der Waals surface area contributed by atoms with E-state index in [0.29, 0.717) is 17.1 Å². The number of piperazine rings is 1. The number of methoxy groups -OCH3 is 2. The molecule has 1 fully saturated rings. The topological polar surface area (TPSA) is 58.4 Å². The van der Waals surface area contributed by atoms with Crippen molar-refractivity contribution in [3.05, 3.63) is 94.3 Å². The van der Waals surface area contributed by atoms with Gasteiger partial charge in [0.25, 0.3) is 0 Å². The largest absolute Gasteiger partial charge is 0.496 e. The van der Waals surface area contributed by atoms with Crippen LogP contribution in [0.25, 0.3) is 11.0 Å². The van der Waals surface area contributed by atoms with E-state index in [-0.39, 0.29) is 5.92 Å². The average molecular weight is 528 g/mol. The smallest absolute Gasteiger partial charge is 0.336 e. The first-order valence-corrected chi connectivity index (χ1v) is 13.5. The third-order valence-electron chi connectivity index (χ3n) is 7.70. The molecule has 7 nitrogen and oxygen atoms in total. The van der Waals surface area contributed by atoms with Gasteiger partial charge in [-0.3, -0.25) is 4.90 Å². The monoisotopic (exact) mass is 527 g/mol. The van der Waals surface area contributed by atoms with Gasteiger partial charge in [0.1, 0.15) is 17.1 Å². The SMILES string of the molecule is COc1cc(OC)c2ccc(=O)oc2c1[C@H](CCN1CCN(c2ccccc2)CC1)c1ccc(N(C)C)cc1. The highest BCUT2D eigenvalue weighted by Crippen LogP contribution is 2.43. The minimum atomic E-state index is -0.391. The van der Waals surface area contributed by atoms with Crippen LogP contribution in [0.4, 0.5) is 11.4 Å². The molecule has 5 rings (SSSR count). The summed E-state index contributed by atoms with van der Waals surface area (Å²) in [6, 6.07) is 24.3. The third kappa shape index (κ3) is 5.73. The van der Waals surface area contributed by atoms with E-state index in [2.05, 4.69) is 69.3 Å². The highest BCUT2D eigenvalue weighted by Gasteiger charge is 2.27. The molecule has 0 saturated carbocycles. The molecule has 204 valence electrons. The summed E-state index contributed by atoms with van der Waals surface area (Å²) in [5, 5.41) is 0.763. The third-order valence-corrected chi connectivity index (χ3v) is 7.70. The van der Waals surface area contributed by atoms with Crippen LogP contribution in [0.2, 0.25) is 0 Å². The van der Waals surface area contributed by atoms with Crippen molar-refractivity contribution >= 4 is 22.3 Å². The predicted molar refractivity (Wildman–Crippen MR) is 158 cm³/mol.